The topological polar surface area (TPSA) is 38.8 Å². The first-order chi connectivity index (χ1) is 12.2. The molecule has 1 aliphatic heterocycles. The standard InChI is InChI=1S/C19H19BrClNO3/c20-10-2-12-24-17-8-9-18-14(13-17)3-1-11-22(18)19(23)25-16-6-4-15(21)5-7-16/h4-9,13H,1-3,10-12H2. The molecule has 1 heterocycles. The van der Waals surface area contributed by atoms with Crippen LogP contribution in [0.1, 0.15) is 18.4 Å². The molecule has 0 spiro atoms. The van der Waals surface area contributed by atoms with Crippen LogP contribution < -0.4 is 14.4 Å². The summed E-state index contributed by atoms with van der Waals surface area (Å²) in [5.41, 5.74) is 1.99. The zero-order chi connectivity index (χ0) is 17.6. The SMILES string of the molecule is O=C(Oc1ccc(Cl)cc1)N1CCCc2cc(OCCCBr)ccc21. The van der Waals surface area contributed by atoms with E-state index in [4.69, 9.17) is 21.1 Å². The quantitative estimate of drug-likeness (QED) is 0.473. The van der Waals surface area contributed by atoms with Crippen LogP contribution in [0, 0.1) is 0 Å². The second-order valence-electron chi connectivity index (χ2n) is 5.76. The number of amides is 1. The lowest BCUT2D eigenvalue weighted by Crippen LogP contribution is -2.37. The van der Waals surface area contributed by atoms with Gasteiger partial charge in [-0.25, -0.2) is 4.79 Å². The Morgan fingerprint density at radius 3 is 2.68 bits per heavy atom. The number of rotatable bonds is 5. The predicted octanol–water partition coefficient (Wildman–Crippen LogP) is 5.46. The molecule has 2 aromatic carbocycles. The van der Waals surface area contributed by atoms with E-state index in [1.165, 1.54) is 0 Å². The number of fused-ring (bicyclic) bond motifs is 1. The average Bonchev–Trinajstić information content (AvgIpc) is 2.63. The van der Waals surface area contributed by atoms with E-state index in [2.05, 4.69) is 15.9 Å². The van der Waals surface area contributed by atoms with Crippen molar-refractivity contribution < 1.29 is 14.3 Å². The second-order valence-corrected chi connectivity index (χ2v) is 6.99. The Labute approximate surface area is 160 Å². The number of ether oxygens (including phenoxy) is 2. The number of nitrogens with zero attached hydrogens (tertiary/aromatic N) is 1. The van der Waals surface area contributed by atoms with E-state index in [1.807, 2.05) is 18.2 Å². The molecule has 4 nitrogen and oxygen atoms in total. The lowest BCUT2D eigenvalue weighted by atomic mass is 10.0. The summed E-state index contributed by atoms with van der Waals surface area (Å²) in [6.07, 6.45) is 2.40. The molecule has 1 amide bonds. The van der Waals surface area contributed by atoms with Crippen LogP contribution in [0.5, 0.6) is 11.5 Å². The van der Waals surface area contributed by atoms with Crippen LogP contribution in [-0.2, 0) is 6.42 Å². The zero-order valence-corrected chi connectivity index (χ0v) is 16.1. The molecule has 0 atom stereocenters. The average molecular weight is 425 g/mol. The largest absolute Gasteiger partial charge is 0.494 e. The Balaban J connectivity index is 1.72. The number of alkyl halides is 1. The molecule has 2 aromatic rings. The lowest BCUT2D eigenvalue weighted by Gasteiger charge is -2.29. The molecular formula is C19H19BrClNO3. The summed E-state index contributed by atoms with van der Waals surface area (Å²) in [6.45, 7) is 1.32. The van der Waals surface area contributed by atoms with Gasteiger partial charge in [-0.2, -0.15) is 0 Å². The van der Waals surface area contributed by atoms with Crippen molar-refractivity contribution in [2.75, 3.05) is 23.4 Å². The van der Waals surface area contributed by atoms with E-state index in [1.54, 1.807) is 29.2 Å². The van der Waals surface area contributed by atoms with E-state index >= 15 is 0 Å². The van der Waals surface area contributed by atoms with E-state index < -0.39 is 0 Å². The van der Waals surface area contributed by atoms with Crippen LogP contribution in [-0.4, -0.2) is 24.6 Å². The van der Waals surface area contributed by atoms with E-state index in [-0.39, 0.29) is 6.09 Å². The van der Waals surface area contributed by atoms with E-state index in [0.29, 0.717) is 23.9 Å². The molecule has 0 N–H and O–H groups in total. The zero-order valence-electron chi connectivity index (χ0n) is 13.7. The van der Waals surface area contributed by atoms with Gasteiger partial charge in [-0.1, -0.05) is 27.5 Å². The summed E-state index contributed by atoms with van der Waals surface area (Å²) in [6, 6.07) is 12.6. The van der Waals surface area contributed by atoms with Crippen molar-refractivity contribution in [2.45, 2.75) is 19.3 Å². The van der Waals surface area contributed by atoms with Gasteiger partial charge in [0, 0.05) is 16.9 Å². The van der Waals surface area contributed by atoms with Gasteiger partial charge in [0.05, 0.1) is 12.3 Å². The highest BCUT2D eigenvalue weighted by molar-refractivity contribution is 9.09. The Bertz CT molecular complexity index is 736. The summed E-state index contributed by atoms with van der Waals surface area (Å²) in [5.74, 6) is 1.32. The van der Waals surface area contributed by atoms with E-state index in [0.717, 1.165) is 41.6 Å². The van der Waals surface area contributed by atoms with Crippen LogP contribution in [0.4, 0.5) is 10.5 Å². The smallest absolute Gasteiger partial charge is 0.419 e. The van der Waals surface area contributed by atoms with Gasteiger partial charge in [0.15, 0.2) is 0 Å². The molecule has 0 saturated heterocycles. The number of benzene rings is 2. The molecule has 0 unspecified atom stereocenters. The normalized spacial score (nSPS) is 13.3. The molecule has 0 bridgehead atoms. The maximum atomic E-state index is 12.5. The van der Waals surface area contributed by atoms with Crippen molar-refractivity contribution >= 4 is 39.3 Å². The Kier molecular flexibility index (Phi) is 6.21. The highest BCUT2D eigenvalue weighted by Crippen LogP contribution is 2.31. The van der Waals surface area contributed by atoms with Crippen LogP contribution in [0.25, 0.3) is 0 Å². The van der Waals surface area contributed by atoms with Crippen LogP contribution in [0.2, 0.25) is 5.02 Å². The molecule has 0 aliphatic carbocycles. The number of anilines is 1. The number of carbonyl (C=O) groups excluding carboxylic acids is 1. The van der Waals surface area contributed by atoms with Crippen molar-refractivity contribution in [1.82, 2.24) is 0 Å². The molecule has 3 rings (SSSR count). The highest BCUT2D eigenvalue weighted by Gasteiger charge is 2.24. The third-order valence-electron chi connectivity index (χ3n) is 3.96. The van der Waals surface area contributed by atoms with Gasteiger partial charge in [-0.15, -0.1) is 0 Å². The molecule has 0 aromatic heterocycles. The number of aryl methyl sites for hydroxylation is 1. The summed E-state index contributed by atoms with van der Waals surface area (Å²) < 4.78 is 11.2. The van der Waals surface area contributed by atoms with Crippen LogP contribution >= 0.6 is 27.5 Å². The fraction of sp³-hybridized carbons (Fsp3) is 0.316. The number of hydrogen-bond donors (Lipinski definition) is 0. The molecule has 25 heavy (non-hydrogen) atoms. The van der Waals surface area contributed by atoms with E-state index in [9.17, 15) is 4.79 Å². The molecule has 0 fully saturated rings. The van der Waals surface area contributed by atoms with Gasteiger partial charge < -0.3 is 9.47 Å². The van der Waals surface area contributed by atoms with Gasteiger partial charge in [0.25, 0.3) is 0 Å². The van der Waals surface area contributed by atoms with Gasteiger partial charge in [0.2, 0.25) is 0 Å². The first-order valence-electron chi connectivity index (χ1n) is 8.24. The van der Waals surface area contributed by atoms with Crippen molar-refractivity contribution in [2.24, 2.45) is 0 Å². The maximum Gasteiger partial charge on any atom is 0.419 e. The molecule has 0 saturated carbocycles. The van der Waals surface area contributed by atoms with Crippen molar-refractivity contribution in [3.05, 3.63) is 53.1 Å². The molecule has 132 valence electrons. The predicted molar refractivity (Wildman–Crippen MR) is 103 cm³/mol. The minimum absolute atomic E-state index is 0.378. The van der Waals surface area contributed by atoms with Gasteiger partial charge in [0.1, 0.15) is 11.5 Å². The van der Waals surface area contributed by atoms with Crippen LogP contribution in [0.3, 0.4) is 0 Å². The van der Waals surface area contributed by atoms with Crippen molar-refractivity contribution in [3.63, 3.8) is 0 Å². The highest BCUT2D eigenvalue weighted by atomic mass is 79.9. The second kappa shape index (κ2) is 8.59. The summed E-state index contributed by atoms with van der Waals surface area (Å²) >= 11 is 9.25. The molecule has 6 heteroatoms. The Morgan fingerprint density at radius 1 is 1.16 bits per heavy atom. The van der Waals surface area contributed by atoms with Gasteiger partial charge in [-0.3, -0.25) is 4.90 Å². The first kappa shape index (κ1) is 18.1. The summed E-state index contributed by atoms with van der Waals surface area (Å²) in [7, 11) is 0. The number of carbonyl (C=O) groups is 1. The van der Waals surface area contributed by atoms with Gasteiger partial charge >= 0.3 is 6.09 Å². The lowest BCUT2D eigenvalue weighted by molar-refractivity contribution is 0.207. The number of halogens is 2. The Hall–Kier alpha value is -1.72. The monoisotopic (exact) mass is 423 g/mol. The molecular weight excluding hydrogens is 406 g/mol. The minimum atomic E-state index is -0.378. The summed E-state index contributed by atoms with van der Waals surface area (Å²) in [4.78, 5) is 14.2. The molecule has 1 aliphatic rings. The maximum absolute atomic E-state index is 12.5. The number of hydrogen-bond acceptors (Lipinski definition) is 3. The summed E-state index contributed by atoms with van der Waals surface area (Å²) in [5, 5.41) is 1.53. The Morgan fingerprint density at radius 2 is 1.92 bits per heavy atom. The van der Waals surface area contributed by atoms with Gasteiger partial charge in [-0.05, 0) is 67.3 Å². The fourth-order valence-corrected chi connectivity index (χ4v) is 3.11. The minimum Gasteiger partial charge on any atom is -0.494 e. The third kappa shape index (κ3) is 4.67. The molecule has 0 radical (unpaired) electrons. The van der Waals surface area contributed by atoms with Crippen molar-refractivity contribution in [1.29, 1.82) is 0 Å². The van der Waals surface area contributed by atoms with Crippen LogP contribution in [0.15, 0.2) is 42.5 Å². The third-order valence-corrected chi connectivity index (χ3v) is 4.77. The van der Waals surface area contributed by atoms with Crippen molar-refractivity contribution in [3.8, 4) is 11.5 Å². The fourth-order valence-electron chi connectivity index (χ4n) is 2.76. The first-order valence-corrected chi connectivity index (χ1v) is 9.74.